The van der Waals surface area contributed by atoms with Gasteiger partial charge >= 0.3 is 0 Å². The summed E-state index contributed by atoms with van der Waals surface area (Å²) in [6, 6.07) is 6.55. The van der Waals surface area contributed by atoms with E-state index in [9.17, 15) is 0 Å². The van der Waals surface area contributed by atoms with Crippen LogP contribution in [0, 0.1) is 5.92 Å². The van der Waals surface area contributed by atoms with Crippen molar-refractivity contribution in [2.75, 3.05) is 26.7 Å². The van der Waals surface area contributed by atoms with Gasteiger partial charge in [-0.05, 0) is 69.4 Å². The molecular formula is C17H26BrClN2. The van der Waals surface area contributed by atoms with Gasteiger partial charge in [0.15, 0.2) is 0 Å². The molecule has 4 heteroatoms. The van der Waals surface area contributed by atoms with Crippen molar-refractivity contribution >= 4 is 27.5 Å². The van der Waals surface area contributed by atoms with Crippen LogP contribution < -0.4 is 5.32 Å². The third kappa shape index (κ3) is 5.90. The summed E-state index contributed by atoms with van der Waals surface area (Å²) < 4.78 is 1.04. The molecule has 1 aliphatic carbocycles. The van der Waals surface area contributed by atoms with Gasteiger partial charge in [0.1, 0.15) is 0 Å². The Morgan fingerprint density at radius 2 is 2.19 bits per heavy atom. The van der Waals surface area contributed by atoms with Gasteiger partial charge in [0.25, 0.3) is 0 Å². The van der Waals surface area contributed by atoms with E-state index in [1.165, 1.54) is 24.9 Å². The molecule has 1 unspecified atom stereocenters. The average molecular weight is 374 g/mol. The van der Waals surface area contributed by atoms with Gasteiger partial charge < -0.3 is 10.2 Å². The Balaban J connectivity index is 1.95. The van der Waals surface area contributed by atoms with Crippen molar-refractivity contribution in [1.29, 1.82) is 0 Å². The van der Waals surface area contributed by atoms with Crippen molar-refractivity contribution in [1.82, 2.24) is 10.2 Å². The van der Waals surface area contributed by atoms with E-state index >= 15 is 0 Å². The maximum Gasteiger partial charge on any atom is 0.0465 e. The lowest BCUT2D eigenvalue weighted by Crippen LogP contribution is -2.29. The maximum absolute atomic E-state index is 6.43. The first-order chi connectivity index (χ1) is 10.1. The first kappa shape index (κ1) is 17.3. The molecule has 0 saturated heterocycles. The summed E-state index contributed by atoms with van der Waals surface area (Å²) in [7, 11) is 2.23. The predicted octanol–water partition coefficient (Wildman–Crippen LogP) is 4.88. The molecule has 1 aliphatic rings. The third-order valence-electron chi connectivity index (χ3n) is 4.04. The predicted molar refractivity (Wildman–Crippen MR) is 95.0 cm³/mol. The van der Waals surface area contributed by atoms with Crippen LogP contribution in [0.4, 0.5) is 0 Å². The minimum Gasteiger partial charge on any atom is -0.310 e. The highest BCUT2D eigenvalue weighted by molar-refractivity contribution is 9.10. The van der Waals surface area contributed by atoms with E-state index in [0.717, 1.165) is 41.3 Å². The molecular weight excluding hydrogens is 348 g/mol. The molecule has 1 fully saturated rings. The lowest BCUT2D eigenvalue weighted by molar-refractivity contribution is 0.296. The Bertz CT molecular complexity index is 448. The maximum atomic E-state index is 6.43. The van der Waals surface area contributed by atoms with E-state index < -0.39 is 0 Å². The smallest absolute Gasteiger partial charge is 0.0465 e. The molecule has 1 saturated carbocycles. The summed E-state index contributed by atoms with van der Waals surface area (Å²) in [5, 5.41) is 4.49. The fraction of sp³-hybridized carbons (Fsp3) is 0.647. The minimum atomic E-state index is 0.340. The molecule has 1 N–H and O–H groups in total. The number of halogens is 2. The number of benzene rings is 1. The second kappa shape index (κ2) is 8.52. The Labute approximate surface area is 142 Å². The molecule has 1 atom stereocenters. The van der Waals surface area contributed by atoms with Gasteiger partial charge in [0.2, 0.25) is 0 Å². The van der Waals surface area contributed by atoms with Crippen molar-refractivity contribution < 1.29 is 0 Å². The van der Waals surface area contributed by atoms with E-state index in [1.807, 2.05) is 6.07 Å². The van der Waals surface area contributed by atoms with Gasteiger partial charge in [0.05, 0.1) is 0 Å². The number of hydrogen-bond acceptors (Lipinski definition) is 2. The number of hydrogen-bond donors (Lipinski definition) is 1. The largest absolute Gasteiger partial charge is 0.310 e. The van der Waals surface area contributed by atoms with Crippen LogP contribution >= 0.6 is 27.5 Å². The molecule has 0 spiro atoms. The van der Waals surface area contributed by atoms with Crippen molar-refractivity contribution in [2.24, 2.45) is 5.92 Å². The second-order valence-corrected chi connectivity index (χ2v) is 7.49. The van der Waals surface area contributed by atoms with E-state index in [2.05, 4.69) is 52.3 Å². The molecule has 2 rings (SSSR count). The quantitative estimate of drug-likeness (QED) is 0.664. The first-order valence-corrected chi connectivity index (χ1v) is 9.14. The number of rotatable bonds is 9. The van der Waals surface area contributed by atoms with Gasteiger partial charge in [-0.25, -0.2) is 0 Å². The molecule has 0 radical (unpaired) electrons. The van der Waals surface area contributed by atoms with E-state index in [4.69, 9.17) is 11.6 Å². The van der Waals surface area contributed by atoms with Crippen LogP contribution in [0.25, 0.3) is 0 Å². The summed E-state index contributed by atoms with van der Waals surface area (Å²) in [6.45, 7) is 5.59. The Morgan fingerprint density at radius 1 is 1.43 bits per heavy atom. The standard InChI is InChI=1S/C17H26BrClN2/c1-3-9-20-17(8-10-21(2)12-13-4-5-13)15-7-6-14(18)11-16(15)19/h6-7,11,13,17,20H,3-5,8-10,12H2,1-2H3. The number of nitrogens with one attached hydrogen (secondary N) is 1. The monoisotopic (exact) mass is 372 g/mol. The molecule has 0 aromatic heterocycles. The topological polar surface area (TPSA) is 15.3 Å². The normalized spacial score (nSPS) is 16.4. The van der Waals surface area contributed by atoms with Crippen LogP contribution in [0.1, 0.15) is 44.2 Å². The van der Waals surface area contributed by atoms with Gasteiger partial charge in [0, 0.05) is 22.1 Å². The summed E-state index contributed by atoms with van der Waals surface area (Å²) in [4.78, 5) is 2.46. The first-order valence-electron chi connectivity index (χ1n) is 7.97. The van der Waals surface area contributed by atoms with E-state index in [0.29, 0.717) is 6.04 Å². The van der Waals surface area contributed by atoms with Crippen LogP contribution in [0.3, 0.4) is 0 Å². The van der Waals surface area contributed by atoms with Crippen molar-refractivity contribution in [3.8, 4) is 0 Å². The summed E-state index contributed by atoms with van der Waals surface area (Å²) in [5.74, 6) is 0.952. The second-order valence-electron chi connectivity index (χ2n) is 6.17. The van der Waals surface area contributed by atoms with Crippen molar-refractivity contribution in [3.63, 3.8) is 0 Å². The molecule has 0 bridgehead atoms. The van der Waals surface area contributed by atoms with Gasteiger partial charge in [-0.15, -0.1) is 0 Å². The van der Waals surface area contributed by atoms with Crippen molar-refractivity contribution in [3.05, 3.63) is 33.3 Å². The lowest BCUT2D eigenvalue weighted by Gasteiger charge is -2.24. The highest BCUT2D eigenvalue weighted by Gasteiger charge is 2.23. The zero-order chi connectivity index (χ0) is 15.2. The minimum absolute atomic E-state index is 0.340. The zero-order valence-corrected chi connectivity index (χ0v) is 15.4. The summed E-state index contributed by atoms with van der Waals surface area (Å²) in [6.07, 6.45) is 5.08. The molecule has 118 valence electrons. The highest BCUT2D eigenvalue weighted by Crippen LogP contribution is 2.31. The fourth-order valence-electron chi connectivity index (χ4n) is 2.65. The van der Waals surface area contributed by atoms with Crippen LogP contribution in [0.5, 0.6) is 0 Å². The zero-order valence-electron chi connectivity index (χ0n) is 13.0. The molecule has 0 aliphatic heterocycles. The fourth-order valence-corrected chi connectivity index (χ4v) is 3.46. The molecule has 0 amide bonds. The highest BCUT2D eigenvalue weighted by atomic mass is 79.9. The third-order valence-corrected chi connectivity index (χ3v) is 4.87. The molecule has 1 aromatic carbocycles. The SMILES string of the molecule is CCCNC(CCN(C)CC1CC1)c1ccc(Br)cc1Cl. The van der Waals surface area contributed by atoms with Gasteiger partial charge in [-0.3, -0.25) is 0 Å². The molecule has 21 heavy (non-hydrogen) atoms. The molecule has 1 aromatic rings. The molecule has 2 nitrogen and oxygen atoms in total. The van der Waals surface area contributed by atoms with Crippen LogP contribution in [0.15, 0.2) is 22.7 Å². The Morgan fingerprint density at radius 3 is 2.81 bits per heavy atom. The van der Waals surface area contributed by atoms with Crippen LogP contribution in [0.2, 0.25) is 5.02 Å². The van der Waals surface area contributed by atoms with Gasteiger partial charge in [-0.1, -0.05) is 40.5 Å². The lowest BCUT2D eigenvalue weighted by atomic mass is 10.0. The average Bonchev–Trinajstić information content (AvgIpc) is 3.24. The van der Waals surface area contributed by atoms with E-state index in [1.54, 1.807) is 0 Å². The Hall–Kier alpha value is -0.0900. The van der Waals surface area contributed by atoms with E-state index in [-0.39, 0.29) is 0 Å². The van der Waals surface area contributed by atoms with Crippen molar-refractivity contribution in [2.45, 2.75) is 38.6 Å². The molecule has 0 heterocycles. The summed E-state index contributed by atoms with van der Waals surface area (Å²) >= 11 is 9.91. The Kier molecular flexibility index (Phi) is 7.00. The summed E-state index contributed by atoms with van der Waals surface area (Å²) in [5.41, 5.74) is 1.22. The van der Waals surface area contributed by atoms with Crippen LogP contribution in [-0.2, 0) is 0 Å². The number of nitrogens with zero attached hydrogens (tertiary/aromatic N) is 1. The van der Waals surface area contributed by atoms with Crippen LogP contribution in [-0.4, -0.2) is 31.6 Å². The van der Waals surface area contributed by atoms with Gasteiger partial charge in [-0.2, -0.15) is 0 Å².